The van der Waals surface area contributed by atoms with Crippen molar-refractivity contribution in [3.63, 3.8) is 0 Å². The summed E-state index contributed by atoms with van der Waals surface area (Å²) in [4.78, 5) is 17.0. The molecule has 1 aromatic rings. The van der Waals surface area contributed by atoms with Gasteiger partial charge in [0.1, 0.15) is 0 Å². The van der Waals surface area contributed by atoms with Crippen LogP contribution in [0.5, 0.6) is 0 Å². The van der Waals surface area contributed by atoms with Crippen molar-refractivity contribution in [1.29, 1.82) is 0 Å². The number of nitrogens with two attached hydrogens (primary N) is 1. The minimum Gasteiger partial charge on any atom is -0.351 e. The predicted molar refractivity (Wildman–Crippen MR) is 52.5 cm³/mol. The first-order chi connectivity index (χ1) is 6.79. The zero-order valence-corrected chi connectivity index (χ0v) is 7.89. The van der Waals surface area contributed by atoms with Crippen molar-refractivity contribution in [2.75, 3.05) is 6.54 Å². The van der Waals surface area contributed by atoms with E-state index in [2.05, 4.69) is 4.98 Å². The fourth-order valence-electron chi connectivity index (χ4n) is 1.91. The molecule has 1 atom stereocenters. The summed E-state index contributed by atoms with van der Waals surface area (Å²) in [5.41, 5.74) is 6.22. The van der Waals surface area contributed by atoms with Gasteiger partial charge in [0.2, 0.25) is 0 Å². The second kappa shape index (κ2) is 3.65. The molecule has 1 saturated heterocycles. The lowest BCUT2D eigenvalue weighted by molar-refractivity contribution is 0.202. The molecule has 14 heavy (non-hydrogen) atoms. The van der Waals surface area contributed by atoms with Gasteiger partial charge in [0.15, 0.2) is 0 Å². The quantitative estimate of drug-likeness (QED) is 0.727. The highest BCUT2D eigenvalue weighted by Gasteiger charge is 2.28. The Kier molecular flexibility index (Phi) is 2.35. The first-order valence-corrected chi connectivity index (χ1v) is 4.76. The van der Waals surface area contributed by atoms with Crippen molar-refractivity contribution >= 4 is 6.03 Å². The van der Waals surface area contributed by atoms with Gasteiger partial charge < -0.3 is 10.6 Å². The summed E-state index contributed by atoms with van der Waals surface area (Å²) in [5, 5.41) is 0. The Bertz CT molecular complexity index is 325. The van der Waals surface area contributed by atoms with Gasteiger partial charge in [-0.05, 0) is 25.0 Å². The number of amides is 2. The monoisotopic (exact) mass is 191 g/mol. The minimum atomic E-state index is -0.349. The van der Waals surface area contributed by atoms with Gasteiger partial charge in [-0.2, -0.15) is 0 Å². The number of pyridine rings is 1. The van der Waals surface area contributed by atoms with Crippen molar-refractivity contribution in [3.05, 3.63) is 30.1 Å². The molecular weight excluding hydrogens is 178 g/mol. The van der Waals surface area contributed by atoms with E-state index >= 15 is 0 Å². The Morgan fingerprint density at radius 1 is 1.57 bits per heavy atom. The van der Waals surface area contributed by atoms with E-state index in [0.717, 1.165) is 25.1 Å². The molecule has 4 nitrogen and oxygen atoms in total. The van der Waals surface area contributed by atoms with Crippen LogP contribution < -0.4 is 5.73 Å². The molecule has 2 rings (SSSR count). The van der Waals surface area contributed by atoms with Crippen LogP contribution in [-0.2, 0) is 0 Å². The number of primary amides is 1. The van der Waals surface area contributed by atoms with Gasteiger partial charge >= 0.3 is 6.03 Å². The minimum absolute atomic E-state index is 0.0775. The number of rotatable bonds is 1. The van der Waals surface area contributed by atoms with Crippen molar-refractivity contribution < 1.29 is 4.79 Å². The number of carbonyl (C=O) groups is 1. The molecule has 1 aromatic heterocycles. The van der Waals surface area contributed by atoms with Gasteiger partial charge in [-0.1, -0.05) is 6.07 Å². The number of aromatic nitrogens is 1. The average molecular weight is 191 g/mol. The lowest BCUT2D eigenvalue weighted by Crippen LogP contribution is -2.35. The normalized spacial score (nSPS) is 21.1. The highest BCUT2D eigenvalue weighted by Crippen LogP contribution is 2.29. The number of nitrogens with zero attached hydrogens (tertiary/aromatic N) is 2. The number of likely N-dealkylation sites (tertiary alicyclic amines) is 1. The third-order valence-electron chi connectivity index (χ3n) is 2.57. The van der Waals surface area contributed by atoms with Crippen LogP contribution in [0, 0.1) is 0 Å². The molecule has 0 spiro atoms. The molecule has 74 valence electrons. The van der Waals surface area contributed by atoms with Gasteiger partial charge in [0, 0.05) is 12.7 Å². The Morgan fingerprint density at radius 3 is 3.07 bits per heavy atom. The van der Waals surface area contributed by atoms with E-state index in [0.29, 0.717) is 0 Å². The highest BCUT2D eigenvalue weighted by molar-refractivity contribution is 5.72. The van der Waals surface area contributed by atoms with Crippen LogP contribution in [0.25, 0.3) is 0 Å². The second-order valence-corrected chi connectivity index (χ2v) is 3.44. The second-order valence-electron chi connectivity index (χ2n) is 3.44. The number of urea groups is 1. The van der Waals surface area contributed by atoms with E-state index in [4.69, 9.17) is 5.73 Å². The van der Waals surface area contributed by atoms with E-state index in [1.165, 1.54) is 0 Å². The summed E-state index contributed by atoms with van der Waals surface area (Å²) in [5.74, 6) is 0. The molecule has 1 unspecified atom stereocenters. The van der Waals surface area contributed by atoms with Crippen LogP contribution in [0.1, 0.15) is 24.6 Å². The molecule has 1 aliphatic rings. The third-order valence-corrected chi connectivity index (χ3v) is 2.57. The van der Waals surface area contributed by atoms with Crippen LogP contribution in [0.2, 0.25) is 0 Å². The molecule has 1 fully saturated rings. The van der Waals surface area contributed by atoms with Crippen molar-refractivity contribution in [1.82, 2.24) is 9.88 Å². The van der Waals surface area contributed by atoms with Gasteiger partial charge in [-0.15, -0.1) is 0 Å². The fraction of sp³-hybridized carbons (Fsp3) is 0.400. The fourth-order valence-corrected chi connectivity index (χ4v) is 1.91. The zero-order valence-electron chi connectivity index (χ0n) is 7.89. The number of carbonyl (C=O) groups excluding carboxylic acids is 1. The molecule has 0 bridgehead atoms. The van der Waals surface area contributed by atoms with Crippen molar-refractivity contribution in [2.45, 2.75) is 18.9 Å². The van der Waals surface area contributed by atoms with Crippen LogP contribution >= 0.6 is 0 Å². The molecule has 0 aliphatic carbocycles. The van der Waals surface area contributed by atoms with E-state index in [1.807, 2.05) is 18.2 Å². The van der Waals surface area contributed by atoms with E-state index < -0.39 is 0 Å². The Morgan fingerprint density at radius 2 is 2.43 bits per heavy atom. The molecule has 2 N–H and O–H groups in total. The molecule has 1 aliphatic heterocycles. The summed E-state index contributed by atoms with van der Waals surface area (Å²) in [6.07, 6.45) is 3.71. The molecular formula is C10H13N3O. The summed E-state index contributed by atoms with van der Waals surface area (Å²) >= 11 is 0. The summed E-state index contributed by atoms with van der Waals surface area (Å²) in [6.45, 7) is 0.747. The van der Waals surface area contributed by atoms with E-state index in [9.17, 15) is 4.79 Å². The number of hydrogen-bond acceptors (Lipinski definition) is 2. The van der Waals surface area contributed by atoms with Crippen LogP contribution in [-0.4, -0.2) is 22.5 Å². The lowest BCUT2D eigenvalue weighted by Gasteiger charge is -2.21. The number of hydrogen-bond donors (Lipinski definition) is 1. The molecule has 4 heteroatoms. The maximum Gasteiger partial charge on any atom is 0.315 e. The summed E-state index contributed by atoms with van der Waals surface area (Å²) in [7, 11) is 0. The van der Waals surface area contributed by atoms with E-state index in [1.54, 1.807) is 11.1 Å². The topological polar surface area (TPSA) is 59.2 Å². The van der Waals surface area contributed by atoms with Gasteiger partial charge in [0.25, 0.3) is 0 Å². The summed E-state index contributed by atoms with van der Waals surface area (Å²) in [6, 6.07) is 5.46. The maximum absolute atomic E-state index is 11.1. The zero-order chi connectivity index (χ0) is 9.97. The van der Waals surface area contributed by atoms with Crippen LogP contribution in [0.3, 0.4) is 0 Å². The van der Waals surface area contributed by atoms with Gasteiger partial charge in [0.05, 0.1) is 11.7 Å². The molecule has 2 heterocycles. The standard InChI is InChI=1S/C10H13N3O/c11-10(14)13-7-3-5-9(13)8-4-1-2-6-12-8/h1-2,4,6,9H,3,5,7H2,(H2,11,14). The summed E-state index contributed by atoms with van der Waals surface area (Å²) < 4.78 is 0. The molecule has 0 saturated carbocycles. The Balaban J connectivity index is 2.22. The molecule has 2 amide bonds. The average Bonchev–Trinajstić information content (AvgIpc) is 2.67. The third kappa shape index (κ3) is 1.55. The molecule has 0 radical (unpaired) electrons. The molecule has 0 aromatic carbocycles. The van der Waals surface area contributed by atoms with Gasteiger partial charge in [-0.25, -0.2) is 4.79 Å². The van der Waals surface area contributed by atoms with Crippen molar-refractivity contribution in [3.8, 4) is 0 Å². The lowest BCUT2D eigenvalue weighted by atomic mass is 10.1. The highest BCUT2D eigenvalue weighted by atomic mass is 16.2. The smallest absolute Gasteiger partial charge is 0.315 e. The van der Waals surface area contributed by atoms with Crippen molar-refractivity contribution in [2.24, 2.45) is 5.73 Å². The van der Waals surface area contributed by atoms with Crippen LogP contribution in [0.4, 0.5) is 4.79 Å². The largest absolute Gasteiger partial charge is 0.351 e. The SMILES string of the molecule is NC(=O)N1CCCC1c1ccccn1. The predicted octanol–water partition coefficient (Wildman–Crippen LogP) is 1.30. The Labute approximate surface area is 82.7 Å². The first-order valence-electron chi connectivity index (χ1n) is 4.76. The Hall–Kier alpha value is -1.58. The van der Waals surface area contributed by atoms with Crippen LogP contribution in [0.15, 0.2) is 24.4 Å². The first kappa shape index (κ1) is 8.99. The van der Waals surface area contributed by atoms with E-state index in [-0.39, 0.29) is 12.1 Å². The van der Waals surface area contributed by atoms with Gasteiger partial charge in [-0.3, -0.25) is 4.98 Å². The maximum atomic E-state index is 11.1.